The Morgan fingerprint density at radius 1 is 1.03 bits per heavy atom. The van der Waals surface area contributed by atoms with Gasteiger partial charge in [-0.2, -0.15) is 5.26 Å². The van der Waals surface area contributed by atoms with E-state index in [1.54, 1.807) is 21.9 Å². The van der Waals surface area contributed by atoms with E-state index in [-0.39, 0.29) is 36.8 Å². The third kappa shape index (κ3) is 6.85. The van der Waals surface area contributed by atoms with Crippen LogP contribution in [0.25, 0.3) is 0 Å². The van der Waals surface area contributed by atoms with Crippen molar-refractivity contribution in [2.45, 2.75) is 25.8 Å². The highest BCUT2D eigenvalue weighted by Crippen LogP contribution is 2.18. The van der Waals surface area contributed by atoms with E-state index in [9.17, 15) is 19.7 Å². The molecule has 9 heteroatoms. The fourth-order valence-corrected chi connectivity index (χ4v) is 3.86. The maximum Gasteiger partial charge on any atom is 0.269 e. The first-order valence-corrected chi connectivity index (χ1v) is 10.9. The van der Waals surface area contributed by atoms with Crippen LogP contribution in [0, 0.1) is 21.4 Å². The summed E-state index contributed by atoms with van der Waals surface area (Å²) in [5, 5.41) is 19.9. The van der Waals surface area contributed by atoms with Crippen molar-refractivity contribution < 1.29 is 14.5 Å². The molecule has 2 aromatic carbocycles. The first-order valence-electron chi connectivity index (χ1n) is 10.9. The maximum absolute atomic E-state index is 12.8. The summed E-state index contributed by atoms with van der Waals surface area (Å²) in [5.41, 5.74) is 1.67. The van der Waals surface area contributed by atoms with E-state index in [0.29, 0.717) is 39.3 Å². The predicted molar refractivity (Wildman–Crippen MR) is 123 cm³/mol. The van der Waals surface area contributed by atoms with Crippen molar-refractivity contribution in [2.24, 2.45) is 0 Å². The molecule has 0 N–H and O–H groups in total. The van der Waals surface area contributed by atoms with Gasteiger partial charge in [-0.3, -0.25) is 24.6 Å². The Kier molecular flexibility index (Phi) is 8.49. The second kappa shape index (κ2) is 11.7. The number of rotatable bonds is 9. The van der Waals surface area contributed by atoms with Gasteiger partial charge in [-0.05, 0) is 17.7 Å². The number of nitro groups is 1. The molecule has 2 amide bonds. The largest absolute Gasteiger partial charge is 0.340 e. The van der Waals surface area contributed by atoms with E-state index in [1.807, 2.05) is 36.4 Å². The normalized spacial score (nSPS) is 13.8. The number of para-hydroxylation sites is 1. The summed E-state index contributed by atoms with van der Waals surface area (Å²) in [4.78, 5) is 41.5. The van der Waals surface area contributed by atoms with Gasteiger partial charge in [0.2, 0.25) is 11.8 Å². The zero-order valence-corrected chi connectivity index (χ0v) is 18.4. The van der Waals surface area contributed by atoms with Gasteiger partial charge in [0.25, 0.3) is 5.69 Å². The zero-order valence-electron chi connectivity index (χ0n) is 18.4. The molecule has 0 atom stereocenters. The molecule has 2 aromatic rings. The first kappa shape index (κ1) is 23.9. The first-order chi connectivity index (χ1) is 16.0. The van der Waals surface area contributed by atoms with Gasteiger partial charge in [0, 0.05) is 69.9 Å². The molecular weight excluding hydrogens is 422 g/mol. The molecule has 172 valence electrons. The van der Waals surface area contributed by atoms with Gasteiger partial charge in [0.05, 0.1) is 17.4 Å². The Balaban J connectivity index is 1.47. The van der Waals surface area contributed by atoms with Crippen LogP contribution < -0.4 is 4.90 Å². The molecule has 0 aromatic heterocycles. The number of carbonyl (C=O) groups is 2. The van der Waals surface area contributed by atoms with Gasteiger partial charge in [0.15, 0.2) is 0 Å². The lowest BCUT2D eigenvalue weighted by Gasteiger charge is -2.35. The Labute approximate surface area is 193 Å². The molecule has 1 saturated heterocycles. The lowest BCUT2D eigenvalue weighted by atomic mass is 10.1. The second-order valence-electron chi connectivity index (χ2n) is 7.87. The molecule has 33 heavy (non-hydrogen) atoms. The summed E-state index contributed by atoms with van der Waals surface area (Å²) in [7, 11) is 0. The van der Waals surface area contributed by atoms with E-state index in [2.05, 4.69) is 11.0 Å². The molecule has 1 aliphatic heterocycles. The fraction of sp³-hybridized carbons (Fsp3) is 0.375. The Morgan fingerprint density at radius 3 is 2.42 bits per heavy atom. The number of hydrogen-bond donors (Lipinski definition) is 0. The summed E-state index contributed by atoms with van der Waals surface area (Å²) in [5.74, 6) is -0.235. The van der Waals surface area contributed by atoms with Crippen LogP contribution in [0.5, 0.6) is 0 Å². The van der Waals surface area contributed by atoms with Gasteiger partial charge >= 0.3 is 0 Å². The third-order valence-corrected chi connectivity index (χ3v) is 5.62. The SMILES string of the molecule is N#CCCN(C(=O)CCC(=O)N1CCN(Cc2cccc([N+](=O)[O-])c2)CC1)c1ccccc1. The summed E-state index contributed by atoms with van der Waals surface area (Å²) < 4.78 is 0. The third-order valence-electron chi connectivity index (χ3n) is 5.62. The van der Waals surface area contributed by atoms with Crippen molar-refractivity contribution in [2.75, 3.05) is 37.6 Å². The molecule has 0 saturated carbocycles. The number of benzene rings is 2. The van der Waals surface area contributed by atoms with Gasteiger partial charge in [-0.1, -0.05) is 30.3 Å². The number of non-ortho nitro benzene ring substituents is 1. The van der Waals surface area contributed by atoms with Crippen LogP contribution in [0.15, 0.2) is 54.6 Å². The average Bonchev–Trinajstić information content (AvgIpc) is 2.84. The topological polar surface area (TPSA) is 111 Å². The quantitative estimate of drug-likeness (QED) is 0.430. The van der Waals surface area contributed by atoms with Crippen LogP contribution in [0.2, 0.25) is 0 Å². The number of nitrogens with zero attached hydrogens (tertiary/aromatic N) is 5. The van der Waals surface area contributed by atoms with Crippen LogP contribution in [-0.4, -0.2) is 59.3 Å². The molecule has 0 spiro atoms. The molecule has 1 aliphatic rings. The van der Waals surface area contributed by atoms with Gasteiger partial charge in [-0.25, -0.2) is 0 Å². The maximum atomic E-state index is 12.8. The van der Waals surface area contributed by atoms with Crippen molar-refractivity contribution in [3.8, 4) is 6.07 Å². The number of carbonyl (C=O) groups excluding carboxylic acids is 2. The van der Waals surface area contributed by atoms with E-state index in [1.165, 1.54) is 6.07 Å². The molecule has 1 heterocycles. The summed E-state index contributed by atoms with van der Waals surface area (Å²) in [6.07, 6.45) is 0.438. The average molecular weight is 450 g/mol. The van der Waals surface area contributed by atoms with Crippen molar-refractivity contribution in [3.05, 3.63) is 70.3 Å². The van der Waals surface area contributed by atoms with Gasteiger partial charge in [-0.15, -0.1) is 0 Å². The van der Waals surface area contributed by atoms with Crippen LogP contribution in [0.3, 0.4) is 0 Å². The minimum atomic E-state index is -0.402. The lowest BCUT2D eigenvalue weighted by molar-refractivity contribution is -0.384. The van der Waals surface area contributed by atoms with Crippen molar-refractivity contribution in [3.63, 3.8) is 0 Å². The highest BCUT2D eigenvalue weighted by atomic mass is 16.6. The molecule has 0 aliphatic carbocycles. The minimum absolute atomic E-state index is 0.0633. The summed E-state index contributed by atoms with van der Waals surface area (Å²) in [6, 6.07) is 17.8. The smallest absolute Gasteiger partial charge is 0.269 e. The van der Waals surface area contributed by atoms with E-state index < -0.39 is 4.92 Å². The highest BCUT2D eigenvalue weighted by molar-refractivity contribution is 5.95. The van der Waals surface area contributed by atoms with E-state index in [4.69, 9.17) is 5.26 Å². The van der Waals surface area contributed by atoms with Crippen LogP contribution >= 0.6 is 0 Å². The van der Waals surface area contributed by atoms with Gasteiger partial charge < -0.3 is 9.80 Å². The molecule has 3 rings (SSSR count). The fourth-order valence-electron chi connectivity index (χ4n) is 3.86. The highest BCUT2D eigenvalue weighted by Gasteiger charge is 2.23. The predicted octanol–water partition coefficient (Wildman–Crippen LogP) is 2.97. The monoisotopic (exact) mass is 449 g/mol. The number of hydrogen-bond acceptors (Lipinski definition) is 6. The van der Waals surface area contributed by atoms with E-state index in [0.717, 1.165) is 11.3 Å². The number of anilines is 1. The lowest BCUT2D eigenvalue weighted by Crippen LogP contribution is -2.48. The molecular formula is C24H27N5O4. The molecule has 0 unspecified atom stereocenters. The number of amides is 2. The zero-order chi connectivity index (χ0) is 23.6. The van der Waals surface area contributed by atoms with Crippen molar-refractivity contribution in [1.29, 1.82) is 5.26 Å². The Bertz CT molecular complexity index is 1010. The molecule has 1 fully saturated rings. The van der Waals surface area contributed by atoms with Gasteiger partial charge in [0.1, 0.15) is 0 Å². The van der Waals surface area contributed by atoms with Crippen LogP contribution in [0.4, 0.5) is 11.4 Å². The van der Waals surface area contributed by atoms with Crippen LogP contribution in [-0.2, 0) is 16.1 Å². The van der Waals surface area contributed by atoms with Crippen molar-refractivity contribution >= 4 is 23.2 Å². The second-order valence-corrected chi connectivity index (χ2v) is 7.87. The summed E-state index contributed by atoms with van der Waals surface area (Å²) in [6.45, 7) is 3.33. The minimum Gasteiger partial charge on any atom is -0.340 e. The number of piperazine rings is 1. The van der Waals surface area contributed by atoms with Crippen LogP contribution in [0.1, 0.15) is 24.8 Å². The molecule has 0 radical (unpaired) electrons. The Hall–Kier alpha value is -3.77. The number of nitriles is 1. The summed E-state index contributed by atoms with van der Waals surface area (Å²) >= 11 is 0. The Morgan fingerprint density at radius 2 is 1.76 bits per heavy atom. The van der Waals surface area contributed by atoms with Crippen molar-refractivity contribution in [1.82, 2.24) is 9.80 Å². The molecule has 0 bridgehead atoms. The molecule has 9 nitrogen and oxygen atoms in total. The number of nitro benzene ring substituents is 1. The standard InChI is InChI=1S/C24H27N5O4/c25-12-5-13-28(21-7-2-1-3-8-21)24(31)11-10-23(30)27-16-14-26(15-17-27)19-20-6-4-9-22(18-20)29(32)33/h1-4,6-9,18H,5,10-11,13-17,19H2. The van der Waals surface area contributed by atoms with E-state index >= 15 is 0 Å².